The zero-order valence-electron chi connectivity index (χ0n) is 5.06. The van der Waals surface area contributed by atoms with Crippen LogP contribution in [0.3, 0.4) is 0 Å². The highest BCUT2D eigenvalue weighted by Crippen LogP contribution is 1.71. The van der Waals surface area contributed by atoms with Gasteiger partial charge in [0.05, 0.1) is 0 Å². The van der Waals surface area contributed by atoms with Crippen LogP contribution in [0, 0.1) is 0 Å². The zero-order valence-corrected chi connectivity index (χ0v) is 5.06. The van der Waals surface area contributed by atoms with E-state index in [1.165, 1.54) is 6.33 Å². The molecule has 0 spiro atoms. The summed E-state index contributed by atoms with van der Waals surface area (Å²) < 4.78 is 0. The van der Waals surface area contributed by atoms with Gasteiger partial charge in [-0.15, -0.1) is 9.89 Å². The lowest BCUT2D eigenvalue weighted by molar-refractivity contribution is -0.112. The molecule has 0 atom stereocenters. The summed E-state index contributed by atoms with van der Waals surface area (Å²) in [6, 6.07) is 0. The summed E-state index contributed by atoms with van der Waals surface area (Å²) in [5.41, 5.74) is 2.30. The van der Waals surface area contributed by atoms with Gasteiger partial charge in [0.1, 0.15) is 0 Å². The summed E-state index contributed by atoms with van der Waals surface area (Å²) in [6.45, 7) is 3.25. The van der Waals surface area contributed by atoms with Crippen molar-refractivity contribution in [2.75, 3.05) is 5.43 Å². The average Bonchev–Trinajstić information content (AvgIpc) is 2.40. The molecule has 1 N–H and O–H groups in total. The van der Waals surface area contributed by atoms with Crippen LogP contribution in [-0.4, -0.2) is 26.2 Å². The van der Waals surface area contributed by atoms with Gasteiger partial charge in [-0.2, -0.15) is 0 Å². The maximum absolute atomic E-state index is 10.5. The molecule has 0 bridgehead atoms. The summed E-state index contributed by atoms with van der Waals surface area (Å²) in [5, 5.41) is 9.97. The van der Waals surface area contributed by atoms with Crippen LogP contribution in [0.4, 0.5) is 0 Å². The monoisotopic (exact) mass is 139 g/mol. The molecule has 0 unspecified atom stereocenters. The number of tetrazole rings is 1. The number of hydrogen-bond acceptors (Lipinski definition) is 4. The third kappa shape index (κ3) is 1.38. The Hall–Kier alpha value is -1.72. The number of aromatic nitrogens is 4. The second kappa shape index (κ2) is 2.72. The molecule has 6 nitrogen and oxygen atoms in total. The number of carbonyl (C=O) groups is 1. The third-order valence-electron chi connectivity index (χ3n) is 0.759. The van der Waals surface area contributed by atoms with Crippen LogP contribution in [-0.2, 0) is 4.79 Å². The highest BCUT2D eigenvalue weighted by atomic mass is 16.2. The first-order valence-electron chi connectivity index (χ1n) is 2.49. The topological polar surface area (TPSA) is 72.7 Å². The molecule has 1 amide bonds. The summed E-state index contributed by atoms with van der Waals surface area (Å²) in [5.74, 6) is -0.354. The SMILES string of the molecule is C=CC(=O)Nn1cnnn1. The zero-order chi connectivity index (χ0) is 7.40. The lowest BCUT2D eigenvalue weighted by atomic mass is 10.6. The van der Waals surface area contributed by atoms with Gasteiger partial charge in [0.15, 0.2) is 6.33 Å². The molecule has 1 heterocycles. The molecule has 52 valence electrons. The molecular formula is C4H5N5O. The molecular weight excluding hydrogens is 134 g/mol. The molecule has 1 aromatic rings. The lowest BCUT2D eigenvalue weighted by Gasteiger charge is -1.95. The van der Waals surface area contributed by atoms with Crippen LogP contribution < -0.4 is 5.43 Å². The van der Waals surface area contributed by atoms with Gasteiger partial charge in [0, 0.05) is 0 Å². The minimum Gasteiger partial charge on any atom is -0.268 e. The molecule has 0 saturated heterocycles. The maximum Gasteiger partial charge on any atom is 0.263 e. The Morgan fingerprint density at radius 3 is 3.10 bits per heavy atom. The van der Waals surface area contributed by atoms with Crippen molar-refractivity contribution < 1.29 is 4.79 Å². The van der Waals surface area contributed by atoms with Gasteiger partial charge in [-0.25, -0.2) is 5.43 Å². The Balaban J connectivity index is 2.56. The van der Waals surface area contributed by atoms with E-state index in [2.05, 4.69) is 27.5 Å². The minimum absolute atomic E-state index is 0.354. The average molecular weight is 139 g/mol. The molecule has 1 rings (SSSR count). The van der Waals surface area contributed by atoms with Crippen molar-refractivity contribution in [2.45, 2.75) is 0 Å². The maximum atomic E-state index is 10.5. The Morgan fingerprint density at radius 1 is 1.80 bits per heavy atom. The molecule has 0 saturated carbocycles. The summed E-state index contributed by atoms with van der Waals surface area (Å²) in [6.07, 6.45) is 2.39. The number of nitrogens with zero attached hydrogens (tertiary/aromatic N) is 4. The predicted molar refractivity (Wildman–Crippen MR) is 32.4 cm³/mol. The summed E-state index contributed by atoms with van der Waals surface area (Å²) in [7, 11) is 0. The molecule has 0 radical (unpaired) electrons. The van der Waals surface area contributed by atoms with E-state index < -0.39 is 0 Å². The number of hydrogen-bond donors (Lipinski definition) is 1. The van der Waals surface area contributed by atoms with Crippen molar-refractivity contribution in [2.24, 2.45) is 0 Å². The number of rotatable bonds is 2. The van der Waals surface area contributed by atoms with E-state index in [1.807, 2.05) is 0 Å². The normalized spacial score (nSPS) is 8.80. The molecule has 1 aromatic heterocycles. The van der Waals surface area contributed by atoms with Gasteiger partial charge < -0.3 is 0 Å². The fraction of sp³-hybridized carbons (Fsp3) is 0. The summed E-state index contributed by atoms with van der Waals surface area (Å²) >= 11 is 0. The molecule has 10 heavy (non-hydrogen) atoms. The van der Waals surface area contributed by atoms with Crippen molar-refractivity contribution >= 4 is 5.91 Å². The first-order valence-corrected chi connectivity index (χ1v) is 2.49. The summed E-state index contributed by atoms with van der Waals surface area (Å²) in [4.78, 5) is 11.6. The van der Waals surface area contributed by atoms with Gasteiger partial charge in [-0.1, -0.05) is 6.58 Å². The van der Waals surface area contributed by atoms with Crippen LogP contribution in [0.15, 0.2) is 19.0 Å². The Kier molecular flexibility index (Phi) is 1.74. The Morgan fingerprint density at radius 2 is 2.60 bits per heavy atom. The van der Waals surface area contributed by atoms with E-state index in [-0.39, 0.29) is 5.91 Å². The van der Waals surface area contributed by atoms with Crippen molar-refractivity contribution in [3.63, 3.8) is 0 Å². The van der Waals surface area contributed by atoms with Crippen molar-refractivity contribution in [1.82, 2.24) is 20.3 Å². The van der Waals surface area contributed by atoms with E-state index in [0.29, 0.717) is 0 Å². The van der Waals surface area contributed by atoms with Crippen molar-refractivity contribution in [1.29, 1.82) is 0 Å². The number of nitrogens with one attached hydrogen (secondary N) is 1. The van der Waals surface area contributed by atoms with Crippen molar-refractivity contribution in [3.8, 4) is 0 Å². The van der Waals surface area contributed by atoms with Gasteiger partial charge in [-0.3, -0.25) is 4.79 Å². The molecule has 6 heteroatoms. The molecule has 0 aliphatic rings. The largest absolute Gasteiger partial charge is 0.268 e. The predicted octanol–water partition coefficient (Wildman–Crippen LogP) is -1.07. The molecule has 0 aromatic carbocycles. The van der Waals surface area contributed by atoms with Crippen LogP contribution >= 0.6 is 0 Å². The van der Waals surface area contributed by atoms with Gasteiger partial charge >= 0.3 is 0 Å². The van der Waals surface area contributed by atoms with Gasteiger partial charge in [0.2, 0.25) is 0 Å². The second-order valence-corrected chi connectivity index (χ2v) is 1.43. The van der Waals surface area contributed by atoms with Crippen molar-refractivity contribution in [3.05, 3.63) is 19.0 Å². The highest BCUT2D eigenvalue weighted by molar-refractivity contribution is 5.93. The van der Waals surface area contributed by atoms with Gasteiger partial charge in [0.25, 0.3) is 5.91 Å². The second-order valence-electron chi connectivity index (χ2n) is 1.43. The quantitative estimate of drug-likeness (QED) is 0.529. The first-order chi connectivity index (χ1) is 4.83. The van der Waals surface area contributed by atoms with E-state index in [4.69, 9.17) is 0 Å². The van der Waals surface area contributed by atoms with E-state index in [0.717, 1.165) is 10.9 Å². The van der Waals surface area contributed by atoms with Crippen LogP contribution in [0.1, 0.15) is 0 Å². The minimum atomic E-state index is -0.354. The number of carbonyl (C=O) groups excluding carboxylic acids is 1. The lowest BCUT2D eigenvalue weighted by Crippen LogP contribution is -2.20. The van der Waals surface area contributed by atoms with E-state index in [9.17, 15) is 4.79 Å². The Labute approximate surface area is 56.5 Å². The highest BCUT2D eigenvalue weighted by Gasteiger charge is 1.93. The Bertz CT molecular complexity index is 228. The smallest absolute Gasteiger partial charge is 0.263 e. The first kappa shape index (κ1) is 6.40. The van der Waals surface area contributed by atoms with Crippen LogP contribution in [0.5, 0.6) is 0 Å². The fourth-order valence-electron chi connectivity index (χ4n) is 0.371. The van der Waals surface area contributed by atoms with E-state index in [1.54, 1.807) is 0 Å². The van der Waals surface area contributed by atoms with Crippen LogP contribution in [0.25, 0.3) is 0 Å². The molecule has 0 fully saturated rings. The van der Waals surface area contributed by atoms with Crippen LogP contribution in [0.2, 0.25) is 0 Å². The molecule has 0 aliphatic carbocycles. The molecule has 0 aliphatic heterocycles. The standard InChI is InChI=1S/C4H5N5O/c1-2-4(10)6-9-3-5-7-8-9/h2-3H,1H2,(H,6,10). The number of amides is 1. The fourth-order valence-corrected chi connectivity index (χ4v) is 0.371. The third-order valence-corrected chi connectivity index (χ3v) is 0.759. The van der Waals surface area contributed by atoms with E-state index >= 15 is 0 Å². The van der Waals surface area contributed by atoms with Gasteiger partial charge in [-0.05, 0) is 16.5 Å².